The molecule has 7 unspecified atom stereocenters. The second-order valence-electron chi connectivity index (χ2n) is 20.7. The van der Waals surface area contributed by atoms with Gasteiger partial charge < -0.3 is 78.1 Å². The number of nitrogens with one attached hydrogen (secondary N) is 7. The Hall–Kier alpha value is -6.86. The standard InChI is InChI=1S/C57H78N8O18S2/c1-31(2)25-42(69)56(82)59-36(20-21-44(70)71)52(78)61-38(28-45(72)73)54(80)64-49(40(67)15-9-10-23-58)63-50(41(68)27-34-13-7-4-8-14-34)65-53(79)37(26-33-11-5-3-6-12-33)60-55(81)39(30-84)62-51(77)35-18-16-32(17-19-35)22-24-85-57-48(76)47(75)46(74)43(29-66)83-57/h3-8,11-14,16-19,31,36-39,42-43,46-50,57,63,66,69,74-76,84H,9-10,15,20-30,58H2,1-2H3,(H,59,82)(H,60,81)(H,61,78)(H,62,77)(H,64,80)(H,65,79)(H,70,71)(H,72,73)/p+1/t36?,37?,38?,39?,42?,43-,46-,47+,48-,49?,50?,57+/m1/s1. The number of carboxylic acids is 2. The molecule has 3 aromatic carbocycles. The van der Waals surface area contributed by atoms with Gasteiger partial charge in [0.1, 0.15) is 72.5 Å². The minimum absolute atomic E-state index is 0.0292. The highest BCUT2D eigenvalue weighted by Crippen LogP contribution is 2.29. The minimum Gasteiger partial charge on any atom is -0.481 e. The van der Waals surface area contributed by atoms with Crippen LogP contribution in [0.25, 0.3) is 0 Å². The molecule has 0 aliphatic carbocycles. The Morgan fingerprint density at radius 3 is 1.76 bits per heavy atom. The Labute approximate surface area is 501 Å². The Morgan fingerprint density at radius 2 is 1.19 bits per heavy atom. The SMILES string of the molecule is CC(C)CC(O)C(=O)NC(CCC(=O)O)C(=O)NC(CC(=O)O)C(=O)NC(NC(NC(=O)C(Cc1ccccc1)NC(=O)C(CS)NC(=O)c1ccc(CCS[C@@H]2O[C@H](CO)[C@@H](O)[C@H](O)[C@H]2O)cc1)C(=O)Cc1ccccc1)C(=O)CCCC[NH3+]. The van der Waals surface area contributed by atoms with Gasteiger partial charge in [-0.2, -0.15) is 12.6 Å². The van der Waals surface area contributed by atoms with E-state index < -0.39 is 157 Å². The molecule has 1 fully saturated rings. The summed E-state index contributed by atoms with van der Waals surface area (Å²) in [5.74, 6) is -10.6. The number of hydrogen-bond donors (Lipinski definition) is 16. The minimum atomic E-state index is -2.00. The predicted molar refractivity (Wildman–Crippen MR) is 311 cm³/mol. The lowest BCUT2D eigenvalue weighted by Gasteiger charge is -2.39. The molecule has 0 aromatic heterocycles. The summed E-state index contributed by atoms with van der Waals surface area (Å²) >= 11 is 5.48. The highest BCUT2D eigenvalue weighted by molar-refractivity contribution is 7.99. The molecule has 1 aliphatic heterocycles. The van der Waals surface area contributed by atoms with Crippen LogP contribution in [0.3, 0.4) is 0 Å². The van der Waals surface area contributed by atoms with Crippen molar-refractivity contribution in [2.24, 2.45) is 5.92 Å². The summed E-state index contributed by atoms with van der Waals surface area (Å²) in [6.45, 7) is 3.28. The molecule has 26 nitrogen and oxygen atoms in total. The number of thioether (sulfide) groups is 1. The summed E-state index contributed by atoms with van der Waals surface area (Å²) in [6, 6.07) is 16.4. The van der Waals surface area contributed by atoms with Crippen molar-refractivity contribution in [1.29, 1.82) is 0 Å². The van der Waals surface area contributed by atoms with Gasteiger partial charge in [0.25, 0.3) is 5.91 Å². The summed E-state index contributed by atoms with van der Waals surface area (Å²) in [5.41, 5.74) is 4.77. The van der Waals surface area contributed by atoms with Crippen LogP contribution in [0.4, 0.5) is 0 Å². The number of thiol groups is 1. The van der Waals surface area contributed by atoms with Crippen molar-refractivity contribution in [3.05, 3.63) is 107 Å². The van der Waals surface area contributed by atoms with E-state index in [9.17, 15) is 83.7 Å². The van der Waals surface area contributed by atoms with Gasteiger partial charge in [-0.25, -0.2) is 0 Å². The molecule has 1 heterocycles. The molecule has 1 aliphatic rings. The zero-order valence-electron chi connectivity index (χ0n) is 47.2. The zero-order valence-corrected chi connectivity index (χ0v) is 48.9. The zero-order chi connectivity index (χ0) is 62.8. The smallest absolute Gasteiger partial charge is 0.305 e. The van der Waals surface area contributed by atoms with Gasteiger partial charge in [0.15, 0.2) is 11.6 Å². The van der Waals surface area contributed by atoms with Gasteiger partial charge in [0.05, 0.1) is 19.6 Å². The van der Waals surface area contributed by atoms with Gasteiger partial charge in [-0.3, -0.25) is 53.3 Å². The normalized spacial score (nSPS) is 19.1. The summed E-state index contributed by atoms with van der Waals surface area (Å²) < 4.78 is 5.55. The molecule has 3 aromatic rings. The van der Waals surface area contributed by atoms with Crippen LogP contribution in [-0.2, 0) is 67.2 Å². The number of carbonyl (C=O) groups is 10. The fourth-order valence-electron chi connectivity index (χ4n) is 8.70. The predicted octanol–water partition coefficient (Wildman–Crippen LogP) is -2.50. The van der Waals surface area contributed by atoms with Crippen molar-refractivity contribution in [3.63, 3.8) is 0 Å². The Bertz CT molecular complexity index is 2700. The van der Waals surface area contributed by atoms with Crippen molar-refractivity contribution in [2.75, 3.05) is 24.7 Å². The quantitative estimate of drug-likeness (QED) is 0.0161. The van der Waals surface area contributed by atoms with E-state index in [1.54, 1.807) is 86.6 Å². The van der Waals surface area contributed by atoms with Crippen LogP contribution < -0.4 is 43.0 Å². The highest BCUT2D eigenvalue weighted by Gasteiger charge is 2.43. The average Bonchev–Trinajstić information content (AvgIpc) is 3.51. The van der Waals surface area contributed by atoms with E-state index in [0.29, 0.717) is 36.3 Å². The number of ether oxygens (including phenoxy) is 1. The number of rotatable bonds is 37. The monoisotopic (exact) mass is 1230 g/mol. The molecule has 17 N–H and O–H groups in total. The second-order valence-corrected chi connectivity index (χ2v) is 22.3. The second kappa shape index (κ2) is 36.2. The van der Waals surface area contributed by atoms with E-state index in [2.05, 4.69) is 55.6 Å². The number of unbranched alkanes of at least 4 members (excludes halogenated alkanes) is 1. The largest absolute Gasteiger partial charge is 0.481 e. The number of carbonyl (C=O) groups excluding carboxylic acids is 8. The van der Waals surface area contributed by atoms with Crippen LogP contribution >= 0.6 is 24.4 Å². The first-order valence-corrected chi connectivity index (χ1v) is 29.4. The number of carboxylic acid groups (broad SMARTS) is 2. The van der Waals surface area contributed by atoms with Crippen molar-refractivity contribution in [1.82, 2.24) is 37.2 Å². The number of quaternary nitrogens is 1. The van der Waals surface area contributed by atoms with Crippen LogP contribution in [0.2, 0.25) is 0 Å². The lowest BCUT2D eigenvalue weighted by atomic mass is 10.0. The number of aliphatic carboxylic acids is 2. The molecule has 0 spiro atoms. The molecule has 1 saturated heterocycles. The third-order valence-corrected chi connectivity index (χ3v) is 15.0. The number of ketones is 2. The lowest BCUT2D eigenvalue weighted by Crippen LogP contribution is -2.65. The van der Waals surface area contributed by atoms with Crippen molar-refractivity contribution < 1.29 is 94.2 Å². The summed E-state index contributed by atoms with van der Waals surface area (Å²) in [7, 11) is 0. The van der Waals surface area contributed by atoms with E-state index in [-0.39, 0.29) is 49.3 Å². The first kappa shape index (κ1) is 70.6. The molecular weight excluding hydrogens is 1150 g/mol. The third kappa shape index (κ3) is 23.8. The Morgan fingerprint density at radius 1 is 0.624 bits per heavy atom. The van der Waals surface area contributed by atoms with Crippen LogP contribution in [0.5, 0.6) is 0 Å². The topological polar surface area (TPSA) is 433 Å². The van der Waals surface area contributed by atoms with Crippen LogP contribution in [0.15, 0.2) is 84.9 Å². The number of hydrogen-bond acceptors (Lipinski definition) is 19. The average molecular weight is 1230 g/mol. The Balaban J connectivity index is 1.60. The van der Waals surface area contributed by atoms with E-state index in [1.165, 1.54) is 12.1 Å². The van der Waals surface area contributed by atoms with E-state index in [1.807, 2.05) is 0 Å². The summed E-state index contributed by atoms with van der Waals surface area (Å²) in [5, 5.41) is 87.2. The van der Waals surface area contributed by atoms with Crippen molar-refractivity contribution >= 4 is 83.3 Å². The molecule has 28 heteroatoms. The maximum atomic E-state index is 14.7. The molecule has 6 amide bonds. The van der Waals surface area contributed by atoms with Gasteiger partial charge >= 0.3 is 11.9 Å². The van der Waals surface area contributed by atoms with Crippen molar-refractivity contribution in [2.45, 2.75) is 151 Å². The number of aliphatic hydroxyl groups excluding tert-OH is 5. The highest BCUT2D eigenvalue weighted by atomic mass is 32.2. The number of amides is 6. The molecule has 12 atom stereocenters. The first-order chi connectivity index (χ1) is 40.4. The van der Waals surface area contributed by atoms with E-state index in [4.69, 9.17) is 4.74 Å². The van der Waals surface area contributed by atoms with Gasteiger partial charge in [-0.15, -0.1) is 11.8 Å². The number of Topliss-reactive ketones (excluding diaryl/α,β-unsaturated/α-hetero) is 2. The van der Waals surface area contributed by atoms with Crippen LogP contribution in [0.1, 0.15) is 85.8 Å². The number of aliphatic hydroxyl groups is 5. The maximum absolute atomic E-state index is 14.7. The maximum Gasteiger partial charge on any atom is 0.305 e. The van der Waals surface area contributed by atoms with E-state index in [0.717, 1.165) is 17.3 Å². The van der Waals surface area contributed by atoms with Gasteiger partial charge in [-0.05, 0) is 72.6 Å². The molecule has 0 bridgehead atoms. The van der Waals surface area contributed by atoms with Crippen LogP contribution in [-0.4, -0.2) is 192 Å². The molecule has 0 saturated carbocycles. The van der Waals surface area contributed by atoms with Gasteiger partial charge in [0, 0.05) is 37.0 Å². The molecule has 85 heavy (non-hydrogen) atoms. The molecule has 466 valence electrons. The van der Waals surface area contributed by atoms with Gasteiger partial charge in [-0.1, -0.05) is 86.6 Å². The third-order valence-electron chi connectivity index (χ3n) is 13.4. The van der Waals surface area contributed by atoms with Crippen LogP contribution in [0, 0.1) is 5.92 Å². The number of benzene rings is 3. The molecule has 4 rings (SSSR count). The summed E-state index contributed by atoms with van der Waals surface area (Å²) in [4.78, 5) is 136. The fourth-order valence-corrected chi connectivity index (χ4v) is 10.1. The van der Waals surface area contributed by atoms with Crippen molar-refractivity contribution in [3.8, 4) is 0 Å². The summed E-state index contributed by atoms with van der Waals surface area (Å²) in [6.07, 6.45) is -12.9. The van der Waals surface area contributed by atoms with E-state index >= 15 is 0 Å². The fraction of sp³-hybridized carbons (Fsp3) is 0.509. The number of aryl methyl sites for hydroxylation is 1. The molecule has 0 radical (unpaired) electrons. The Kier molecular flexibility index (Phi) is 30.1. The van der Waals surface area contributed by atoms with Gasteiger partial charge in [0.2, 0.25) is 29.5 Å². The lowest BCUT2D eigenvalue weighted by molar-refractivity contribution is -0.368. The molecular formula is C57H79N8O18S2+. The first-order valence-electron chi connectivity index (χ1n) is 27.7.